The summed E-state index contributed by atoms with van der Waals surface area (Å²) in [5, 5.41) is 6.33. The van der Waals surface area contributed by atoms with Gasteiger partial charge in [0.25, 0.3) is 5.91 Å². The van der Waals surface area contributed by atoms with Crippen LogP contribution in [-0.4, -0.2) is 21.0 Å². The molecule has 2 heterocycles. The molecule has 1 N–H and O–H groups in total. The van der Waals surface area contributed by atoms with Crippen molar-refractivity contribution in [3.63, 3.8) is 0 Å². The van der Waals surface area contributed by atoms with E-state index >= 15 is 0 Å². The topological polar surface area (TPSA) is 80.9 Å². The fraction of sp³-hybridized carbons (Fsp3) is 0.111. The third kappa shape index (κ3) is 2.34. The van der Waals surface area contributed by atoms with E-state index in [1.807, 2.05) is 0 Å². The van der Waals surface area contributed by atoms with Gasteiger partial charge in [0.1, 0.15) is 10.9 Å². The van der Waals surface area contributed by atoms with Gasteiger partial charge in [-0.15, -0.1) is 0 Å². The maximum absolute atomic E-state index is 11.6. The Labute approximate surface area is 95.6 Å². The van der Waals surface area contributed by atoms with Crippen molar-refractivity contribution in [2.24, 2.45) is 0 Å². The molecule has 0 spiro atoms. The van der Waals surface area contributed by atoms with E-state index < -0.39 is 5.91 Å². The van der Waals surface area contributed by atoms with E-state index in [4.69, 9.17) is 16.1 Å². The first kappa shape index (κ1) is 10.6. The zero-order valence-corrected chi connectivity index (χ0v) is 9.02. The summed E-state index contributed by atoms with van der Waals surface area (Å²) in [4.78, 5) is 19.2. The molecule has 7 heteroatoms. The SMILES string of the molecule is Cc1cc(C(=O)Nc2cnc(Cl)cn2)no1. The van der Waals surface area contributed by atoms with E-state index in [1.165, 1.54) is 18.5 Å². The van der Waals surface area contributed by atoms with Gasteiger partial charge in [-0.3, -0.25) is 4.79 Å². The van der Waals surface area contributed by atoms with Gasteiger partial charge in [-0.25, -0.2) is 9.97 Å². The lowest BCUT2D eigenvalue weighted by Crippen LogP contribution is -2.13. The lowest BCUT2D eigenvalue weighted by Gasteiger charge is -1.99. The Balaban J connectivity index is 2.10. The highest BCUT2D eigenvalue weighted by Gasteiger charge is 2.11. The van der Waals surface area contributed by atoms with Crippen molar-refractivity contribution in [3.05, 3.63) is 35.1 Å². The van der Waals surface area contributed by atoms with Crippen molar-refractivity contribution < 1.29 is 9.32 Å². The van der Waals surface area contributed by atoms with E-state index in [9.17, 15) is 4.79 Å². The van der Waals surface area contributed by atoms with Crippen LogP contribution in [0.2, 0.25) is 5.15 Å². The first-order chi connectivity index (χ1) is 7.65. The molecule has 2 aromatic rings. The van der Waals surface area contributed by atoms with Crippen LogP contribution in [0.3, 0.4) is 0 Å². The zero-order valence-electron chi connectivity index (χ0n) is 8.27. The number of rotatable bonds is 2. The van der Waals surface area contributed by atoms with Gasteiger partial charge in [0.15, 0.2) is 11.5 Å². The number of nitrogens with one attached hydrogen (secondary N) is 1. The van der Waals surface area contributed by atoms with Crippen molar-refractivity contribution in [1.29, 1.82) is 0 Å². The molecule has 0 saturated heterocycles. The van der Waals surface area contributed by atoms with Crippen molar-refractivity contribution in [1.82, 2.24) is 15.1 Å². The number of anilines is 1. The van der Waals surface area contributed by atoms with E-state index in [0.29, 0.717) is 11.6 Å². The Kier molecular flexibility index (Phi) is 2.82. The van der Waals surface area contributed by atoms with Gasteiger partial charge < -0.3 is 9.84 Å². The first-order valence-corrected chi connectivity index (χ1v) is 4.75. The van der Waals surface area contributed by atoms with Crippen LogP contribution in [0.4, 0.5) is 5.82 Å². The van der Waals surface area contributed by atoms with E-state index in [2.05, 4.69) is 20.4 Å². The van der Waals surface area contributed by atoms with E-state index in [0.717, 1.165) is 0 Å². The smallest absolute Gasteiger partial charge is 0.279 e. The van der Waals surface area contributed by atoms with Crippen LogP contribution in [0.25, 0.3) is 0 Å². The molecule has 0 aliphatic heterocycles. The molecule has 0 saturated carbocycles. The molecule has 0 aromatic carbocycles. The molecule has 0 atom stereocenters. The highest BCUT2D eigenvalue weighted by Crippen LogP contribution is 2.08. The number of halogens is 1. The predicted molar refractivity (Wildman–Crippen MR) is 56.2 cm³/mol. The monoisotopic (exact) mass is 238 g/mol. The number of carbonyl (C=O) groups excluding carboxylic acids is 1. The third-order valence-corrected chi connectivity index (χ3v) is 1.92. The molecule has 0 bridgehead atoms. The summed E-state index contributed by atoms with van der Waals surface area (Å²) < 4.78 is 4.77. The second-order valence-corrected chi connectivity index (χ2v) is 3.39. The molecular formula is C9H7ClN4O2. The summed E-state index contributed by atoms with van der Waals surface area (Å²) in [6, 6.07) is 1.53. The molecule has 0 aliphatic carbocycles. The second kappa shape index (κ2) is 4.28. The average molecular weight is 239 g/mol. The molecule has 0 fully saturated rings. The molecule has 2 aromatic heterocycles. The van der Waals surface area contributed by atoms with E-state index in [-0.39, 0.29) is 10.8 Å². The second-order valence-electron chi connectivity index (χ2n) is 3.00. The summed E-state index contributed by atoms with van der Waals surface area (Å²) in [5.41, 5.74) is 0.189. The van der Waals surface area contributed by atoms with Gasteiger partial charge in [-0.2, -0.15) is 0 Å². The molecule has 82 valence electrons. The minimum atomic E-state index is -0.409. The molecule has 6 nitrogen and oxygen atoms in total. The van der Waals surface area contributed by atoms with Crippen LogP contribution >= 0.6 is 11.6 Å². The summed E-state index contributed by atoms with van der Waals surface area (Å²) in [6.45, 7) is 1.70. The van der Waals surface area contributed by atoms with Crippen LogP contribution in [0.1, 0.15) is 16.2 Å². The van der Waals surface area contributed by atoms with Crippen molar-refractivity contribution >= 4 is 23.3 Å². The number of hydrogen-bond acceptors (Lipinski definition) is 5. The van der Waals surface area contributed by atoms with Crippen LogP contribution in [0.15, 0.2) is 23.0 Å². The third-order valence-electron chi connectivity index (χ3n) is 1.72. The normalized spacial score (nSPS) is 10.1. The fourth-order valence-electron chi connectivity index (χ4n) is 1.03. The zero-order chi connectivity index (χ0) is 11.5. The van der Waals surface area contributed by atoms with Crippen LogP contribution in [0.5, 0.6) is 0 Å². The van der Waals surface area contributed by atoms with Crippen LogP contribution < -0.4 is 5.32 Å². The number of nitrogens with zero attached hydrogens (tertiary/aromatic N) is 3. The van der Waals surface area contributed by atoms with Crippen molar-refractivity contribution in [2.75, 3.05) is 5.32 Å². The van der Waals surface area contributed by atoms with Gasteiger partial charge >= 0.3 is 0 Å². The summed E-state index contributed by atoms with van der Waals surface area (Å²) in [7, 11) is 0. The Morgan fingerprint density at radius 3 is 2.81 bits per heavy atom. The highest BCUT2D eigenvalue weighted by molar-refractivity contribution is 6.29. The minimum absolute atomic E-state index is 0.189. The molecule has 0 unspecified atom stereocenters. The summed E-state index contributed by atoms with van der Waals surface area (Å²) in [5.74, 6) is 0.455. The summed E-state index contributed by atoms with van der Waals surface area (Å²) in [6.07, 6.45) is 2.69. The number of amides is 1. The van der Waals surface area contributed by atoms with Gasteiger partial charge in [0.2, 0.25) is 0 Å². The number of aromatic nitrogens is 3. The molecule has 2 rings (SSSR count). The van der Waals surface area contributed by atoms with Crippen LogP contribution in [0, 0.1) is 6.92 Å². The Bertz CT molecular complexity index is 508. The number of carbonyl (C=O) groups is 1. The lowest BCUT2D eigenvalue weighted by atomic mass is 10.3. The Hall–Kier alpha value is -1.95. The largest absolute Gasteiger partial charge is 0.361 e. The quantitative estimate of drug-likeness (QED) is 0.861. The van der Waals surface area contributed by atoms with Crippen molar-refractivity contribution in [2.45, 2.75) is 6.92 Å². The fourth-order valence-corrected chi connectivity index (χ4v) is 1.13. The molecule has 1 amide bonds. The molecular weight excluding hydrogens is 232 g/mol. The molecule has 0 radical (unpaired) electrons. The molecule has 16 heavy (non-hydrogen) atoms. The number of aryl methyl sites for hydroxylation is 1. The minimum Gasteiger partial charge on any atom is -0.361 e. The maximum Gasteiger partial charge on any atom is 0.279 e. The Morgan fingerprint density at radius 2 is 2.25 bits per heavy atom. The average Bonchev–Trinajstić information content (AvgIpc) is 2.68. The highest BCUT2D eigenvalue weighted by atomic mass is 35.5. The first-order valence-electron chi connectivity index (χ1n) is 4.37. The molecule has 0 aliphatic rings. The maximum atomic E-state index is 11.6. The predicted octanol–water partition coefficient (Wildman–Crippen LogP) is 1.68. The number of hydrogen-bond donors (Lipinski definition) is 1. The van der Waals surface area contributed by atoms with Gasteiger partial charge in [-0.1, -0.05) is 16.8 Å². The Morgan fingerprint density at radius 1 is 1.44 bits per heavy atom. The lowest BCUT2D eigenvalue weighted by molar-refractivity contribution is 0.101. The standard InChI is InChI=1S/C9H7ClN4O2/c1-5-2-6(14-16-5)9(15)13-8-4-11-7(10)3-12-8/h2-4H,1H3,(H,12,13,15). The van der Waals surface area contributed by atoms with Crippen molar-refractivity contribution in [3.8, 4) is 0 Å². The van der Waals surface area contributed by atoms with Crippen LogP contribution in [-0.2, 0) is 0 Å². The van der Waals surface area contributed by atoms with Gasteiger partial charge in [-0.05, 0) is 6.92 Å². The summed E-state index contributed by atoms with van der Waals surface area (Å²) >= 11 is 5.55. The van der Waals surface area contributed by atoms with E-state index in [1.54, 1.807) is 6.92 Å². The van der Waals surface area contributed by atoms with Gasteiger partial charge in [0, 0.05) is 6.07 Å². The van der Waals surface area contributed by atoms with Gasteiger partial charge in [0.05, 0.1) is 12.4 Å².